The lowest BCUT2D eigenvalue weighted by molar-refractivity contribution is -0.140. The van der Waals surface area contributed by atoms with Crippen LogP contribution >= 0.6 is 0 Å². The lowest BCUT2D eigenvalue weighted by Gasteiger charge is -2.25. The van der Waals surface area contributed by atoms with Crippen LogP contribution in [0.5, 0.6) is 11.5 Å². The molecule has 0 aromatic heterocycles. The van der Waals surface area contributed by atoms with Crippen LogP contribution in [0.3, 0.4) is 0 Å². The van der Waals surface area contributed by atoms with E-state index >= 15 is 0 Å². The van der Waals surface area contributed by atoms with Gasteiger partial charge in [0, 0.05) is 32.7 Å². The molecule has 180 valence electrons. The van der Waals surface area contributed by atoms with Crippen molar-refractivity contribution in [2.45, 2.75) is 32.7 Å². The van der Waals surface area contributed by atoms with E-state index in [1.807, 2.05) is 6.92 Å². The molecule has 1 amide bonds. The average Bonchev–Trinajstić information content (AvgIpc) is 3.08. The Bertz CT molecular complexity index is 1060. The van der Waals surface area contributed by atoms with E-state index in [-0.39, 0.29) is 17.9 Å². The summed E-state index contributed by atoms with van der Waals surface area (Å²) in [6.07, 6.45) is 1.39. The second-order valence-corrected chi connectivity index (χ2v) is 7.87. The Hall–Kier alpha value is -3.65. The Morgan fingerprint density at radius 3 is 2.24 bits per heavy atom. The predicted molar refractivity (Wildman–Crippen MR) is 125 cm³/mol. The highest BCUT2D eigenvalue weighted by molar-refractivity contribution is 6.46. The van der Waals surface area contributed by atoms with Gasteiger partial charge in [0.25, 0.3) is 11.7 Å². The van der Waals surface area contributed by atoms with Crippen molar-refractivity contribution in [2.24, 2.45) is 0 Å². The number of hydrogen-bond donors (Lipinski definition) is 1. The predicted octanol–water partition coefficient (Wildman–Crippen LogP) is 3.86. The summed E-state index contributed by atoms with van der Waals surface area (Å²) in [5.74, 6) is -1.16. The standard InChI is InChI=1S/C26H29NO7/c1-4-15-33-20-10-8-19(9-11-20)24(29)22-23(18-6-12-21(13-7-18)34-17(2)28)27(14-5-16-32-3)26(31)25(22)30/h6-13,23,29H,4-5,14-16H2,1-3H3/b24-22-. The molecule has 0 saturated carbocycles. The maximum Gasteiger partial charge on any atom is 0.308 e. The number of benzene rings is 2. The van der Waals surface area contributed by atoms with Crippen molar-refractivity contribution in [1.29, 1.82) is 0 Å². The molecular formula is C26H29NO7. The van der Waals surface area contributed by atoms with Gasteiger partial charge >= 0.3 is 5.97 Å². The minimum absolute atomic E-state index is 0.00452. The van der Waals surface area contributed by atoms with E-state index in [1.165, 1.54) is 11.8 Å². The lowest BCUT2D eigenvalue weighted by Crippen LogP contribution is -2.31. The molecule has 2 aromatic rings. The van der Waals surface area contributed by atoms with Crippen molar-refractivity contribution in [3.63, 3.8) is 0 Å². The molecule has 34 heavy (non-hydrogen) atoms. The largest absolute Gasteiger partial charge is 0.507 e. The highest BCUT2D eigenvalue weighted by Gasteiger charge is 2.45. The highest BCUT2D eigenvalue weighted by Crippen LogP contribution is 2.40. The minimum atomic E-state index is -0.792. The molecule has 0 spiro atoms. The second kappa shape index (κ2) is 11.5. The first-order valence-electron chi connectivity index (χ1n) is 11.2. The third-order valence-electron chi connectivity index (χ3n) is 5.35. The average molecular weight is 468 g/mol. The molecule has 1 atom stereocenters. The first kappa shape index (κ1) is 25.0. The number of carbonyl (C=O) groups is 3. The van der Waals surface area contributed by atoms with Crippen molar-refractivity contribution < 1.29 is 33.7 Å². The van der Waals surface area contributed by atoms with Crippen LogP contribution in [0.15, 0.2) is 54.1 Å². The minimum Gasteiger partial charge on any atom is -0.507 e. The van der Waals surface area contributed by atoms with Gasteiger partial charge in [0.1, 0.15) is 17.3 Å². The molecule has 8 heteroatoms. The van der Waals surface area contributed by atoms with Gasteiger partial charge in [-0.25, -0.2) is 0 Å². The topological polar surface area (TPSA) is 102 Å². The van der Waals surface area contributed by atoms with Crippen LogP contribution in [0, 0.1) is 0 Å². The summed E-state index contributed by atoms with van der Waals surface area (Å²) in [6, 6.07) is 12.5. The van der Waals surface area contributed by atoms with Crippen molar-refractivity contribution in [2.75, 3.05) is 26.9 Å². The van der Waals surface area contributed by atoms with Gasteiger partial charge in [-0.3, -0.25) is 14.4 Å². The Labute approximate surface area is 198 Å². The van der Waals surface area contributed by atoms with Crippen LogP contribution in [0.4, 0.5) is 0 Å². The Morgan fingerprint density at radius 2 is 1.65 bits per heavy atom. The summed E-state index contributed by atoms with van der Waals surface area (Å²) in [5.41, 5.74) is 1.02. The molecule has 2 aromatic carbocycles. The molecule has 0 radical (unpaired) electrons. The summed E-state index contributed by atoms with van der Waals surface area (Å²) >= 11 is 0. The number of rotatable bonds is 10. The summed E-state index contributed by atoms with van der Waals surface area (Å²) in [7, 11) is 1.56. The van der Waals surface area contributed by atoms with E-state index < -0.39 is 23.7 Å². The number of esters is 1. The molecule has 3 rings (SSSR count). The molecule has 1 aliphatic rings. The fourth-order valence-corrected chi connectivity index (χ4v) is 3.80. The molecule has 8 nitrogen and oxygen atoms in total. The van der Waals surface area contributed by atoms with Crippen LogP contribution < -0.4 is 9.47 Å². The maximum absolute atomic E-state index is 13.0. The fourth-order valence-electron chi connectivity index (χ4n) is 3.80. The van der Waals surface area contributed by atoms with E-state index in [0.29, 0.717) is 42.3 Å². The van der Waals surface area contributed by atoms with E-state index in [4.69, 9.17) is 14.2 Å². The molecule has 1 fully saturated rings. The van der Waals surface area contributed by atoms with E-state index in [9.17, 15) is 19.5 Å². The monoisotopic (exact) mass is 467 g/mol. The first-order valence-corrected chi connectivity index (χ1v) is 11.2. The summed E-state index contributed by atoms with van der Waals surface area (Å²) in [6.45, 7) is 4.57. The quantitative estimate of drug-likeness (QED) is 0.141. The zero-order valence-electron chi connectivity index (χ0n) is 19.6. The van der Waals surface area contributed by atoms with Crippen molar-refractivity contribution in [3.05, 3.63) is 65.2 Å². The normalized spacial score (nSPS) is 17.1. The number of aliphatic hydroxyl groups excluding tert-OH is 1. The van der Waals surface area contributed by atoms with Crippen LogP contribution in [-0.4, -0.2) is 54.5 Å². The molecule has 1 unspecified atom stereocenters. The number of nitrogens with zero attached hydrogens (tertiary/aromatic N) is 1. The number of likely N-dealkylation sites (tertiary alicyclic amines) is 1. The second-order valence-electron chi connectivity index (χ2n) is 7.87. The van der Waals surface area contributed by atoms with Crippen LogP contribution in [0.25, 0.3) is 5.76 Å². The lowest BCUT2D eigenvalue weighted by atomic mass is 9.95. The zero-order valence-corrected chi connectivity index (χ0v) is 19.6. The van der Waals surface area contributed by atoms with E-state index in [1.54, 1.807) is 55.6 Å². The van der Waals surface area contributed by atoms with Gasteiger partial charge in [0.2, 0.25) is 0 Å². The number of carbonyl (C=O) groups excluding carboxylic acids is 3. The fraction of sp³-hybridized carbons (Fsp3) is 0.346. The smallest absolute Gasteiger partial charge is 0.308 e. The van der Waals surface area contributed by atoms with E-state index in [0.717, 1.165) is 6.42 Å². The van der Waals surface area contributed by atoms with Crippen LogP contribution in [0.1, 0.15) is 43.9 Å². The number of Topliss-reactive ketones (excluding diaryl/α,β-unsaturated/α-hetero) is 1. The van der Waals surface area contributed by atoms with Crippen molar-refractivity contribution >= 4 is 23.4 Å². The molecule has 1 N–H and O–H groups in total. The van der Waals surface area contributed by atoms with Gasteiger partial charge < -0.3 is 24.2 Å². The molecule has 1 heterocycles. The molecule has 1 saturated heterocycles. The third-order valence-corrected chi connectivity index (χ3v) is 5.35. The van der Waals surface area contributed by atoms with Crippen LogP contribution in [0.2, 0.25) is 0 Å². The SMILES string of the molecule is CCCOc1ccc(/C(O)=C2/C(=O)C(=O)N(CCCOC)C2c2ccc(OC(C)=O)cc2)cc1. The molecular weight excluding hydrogens is 438 g/mol. The number of aliphatic hydroxyl groups is 1. The number of ether oxygens (including phenoxy) is 3. The summed E-state index contributed by atoms with van der Waals surface area (Å²) < 4.78 is 15.8. The molecule has 0 bridgehead atoms. The summed E-state index contributed by atoms with van der Waals surface area (Å²) in [4.78, 5) is 38.6. The van der Waals surface area contributed by atoms with E-state index in [2.05, 4.69) is 0 Å². The Kier molecular flexibility index (Phi) is 8.43. The molecule has 0 aliphatic carbocycles. The van der Waals surface area contributed by atoms with Gasteiger partial charge in [-0.05, 0) is 54.8 Å². The first-order chi connectivity index (χ1) is 16.4. The Morgan fingerprint density at radius 1 is 1.00 bits per heavy atom. The number of amides is 1. The van der Waals surface area contributed by atoms with Crippen LogP contribution in [-0.2, 0) is 19.1 Å². The number of methoxy groups -OCH3 is 1. The highest BCUT2D eigenvalue weighted by atomic mass is 16.5. The number of ketones is 1. The van der Waals surface area contributed by atoms with Crippen molar-refractivity contribution in [1.82, 2.24) is 4.90 Å². The van der Waals surface area contributed by atoms with Gasteiger partial charge in [-0.2, -0.15) is 0 Å². The van der Waals surface area contributed by atoms with Gasteiger partial charge in [-0.15, -0.1) is 0 Å². The summed E-state index contributed by atoms with van der Waals surface area (Å²) in [5, 5.41) is 11.1. The Balaban J connectivity index is 2.02. The maximum atomic E-state index is 13.0. The number of hydrogen-bond acceptors (Lipinski definition) is 7. The third kappa shape index (κ3) is 5.63. The zero-order chi connectivity index (χ0) is 24.7. The van der Waals surface area contributed by atoms with Gasteiger partial charge in [0.05, 0.1) is 18.2 Å². The molecule has 1 aliphatic heterocycles. The van der Waals surface area contributed by atoms with Crippen molar-refractivity contribution in [3.8, 4) is 11.5 Å². The van der Waals surface area contributed by atoms with Gasteiger partial charge in [0.15, 0.2) is 0 Å². The van der Waals surface area contributed by atoms with Gasteiger partial charge in [-0.1, -0.05) is 19.1 Å².